The van der Waals surface area contributed by atoms with Gasteiger partial charge in [0.15, 0.2) is 0 Å². The summed E-state index contributed by atoms with van der Waals surface area (Å²) in [5.41, 5.74) is 0. The number of carbonyl (C=O) groups is 3. The second-order valence-electron chi connectivity index (χ2n) is 5.76. The molecule has 0 aromatic heterocycles. The Labute approximate surface area is 129 Å². The molecule has 1 heterocycles. The molecular weight excluding hydrogens is 292 g/mol. The topological polar surface area (TPSA) is 86.7 Å². The highest BCUT2D eigenvalue weighted by atomic mass is 32.2. The summed E-state index contributed by atoms with van der Waals surface area (Å²) in [5, 5.41) is 11.1. The van der Waals surface area contributed by atoms with Crippen LogP contribution in [-0.2, 0) is 14.4 Å². The van der Waals surface area contributed by atoms with Gasteiger partial charge in [0, 0.05) is 13.1 Å². The number of hydrogen-bond acceptors (Lipinski definition) is 4. The molecule has 0 aromatic carbocycles. The highest BCUT2D eigenvalue weighted by Gasteiger charge is 2.25. The molecule has 0 aromatic rings. The number of carbonyl (C=O) groups excluding carboxylic acids is 2. The van der Waals surface area contributed by atoms with E-state index in [1.165, 1.54) is 11.8 Å². The van der Waals surface area contributed by atoms with Crippen LogP contribution >= 0.6 is 11.8 Å². The van der Waals surface area contributed by atoms with Crippen LogP contribution in [0.5, 0.6) is 0 Å². The first-order chi connectivity index (χ1) is 9.93. The van der Waals surface area contributed by atoms with Crippen molar-refractivity contribution < 1.29 is 19.5 Å². The van der Waals surface area contributed by atoms with Crippen LogP contribution in [-0.4, -0.2) is 58.9 Å². The van der Waals surface area contributed by atoms with Gasteiger partial charge in [-0.1, -0.05) is 13.8 Å². The Kier molecular flexibility index (Phi) is 7.56. The maximum atomic E-state index is 12.1. The molecule has 2 N–H and O–H groups in total. The maximum Gasteiger partial charge on any atom is 0.326 e. The Morgan fingerprint density at radius 3 is 2.52 bits per heavy atom. The van der Waals surface area contributed by atoms with Gasteiger partial charge in [0.25, 0.3) is 0 Å². The van der Waals surface area contributed by atoms with Crippen LogP contribution in [0.3, 0.4) is 0 Å². The van der Waals surface area contributed by atoms with E-state index < -0.39 is 12.0 Å². The average molecular weight is 316 g/mol. The minimum absolute atomic E-state index is 0.119. The molecular formula is C14H24N2O4S. The number of carboxylic acids is 1. The molecule has 1 fully saturated rings. The number of rotatable bonds is 8. The highest BCUT2D eigenvalue weighted by Crippen LogP contribution is 2.21. The number of nitrogens with one attached hydrogen (secondary N) is 1. The predicted octanol–water partition coefficient (Wildman–Crippen LogP) is 0.813. The Morgan fingerprint density at radius 2 is 2.00 bits per heavy atom. The smallest absolute Gasteiger partial charge is 0.326 e. The molecule has 0 aliphatic carbocycles. The van der Waals surface area contributed by atoms with Gasteiger partial charge in [-0.2, -0.15) is 11.8 Å². The molecule has 120 valence electrons. The van der Waals surface area contributed by atoms with Crippen molar-refractivity contribution in [1.82, 2.24) is 10.2 Å². The molecule has 3 unspecified atom stereocenters. The van der Waals surface area contributed by atoms with E-state index in [9.17, 15) is 14.4 Å². The third-order valence-electron chi connectivity index (χ3n) is 3.57. The van der Waals surface area contributed by atoms with Gasteiger partial charge < -0.3 is 15.3 Å². The van der Waals surface area contributed by atoms with Crippen molar-refractivity contribution in [3.05, 3.63) is 0 Å². The molecule has 3 atom stereocenters. The van der Waals surface area contributed by atoms with E-state index in [4.69, 9.17) is 5.11 Å². The fourth-order valence-electron chi connectivity index (χ4n) is 2.68. The van der Waals surface area contributed by atoms with Gasteiger partial charge in [0.1, 0.15) is 6.04 Å². The zero-order valence-corrected chi connectivity index (χ0v) is 13.4. The number of carboxylic acid groups (broad SMARTS) is 1. The molecule has 21 heavy (non-hydrogen) atoms. The fraction of sp³-hybridized carbons (Fsp3) is 0.786. The first-order valence-corrected chi connectivity index (χ1v) is 8.37. The molecule has 7 heteroatoms. The van der Waals surface area contributed by atoms with Crippen LogP contribution in [0.4, 0.5) is 0 Å². The summed E-state index contributed by atoms with van der Waals surface area (Å²) >= 11 is 1.42. The summed E-state index contributed by atoms with van der Waals surface area (Å²) < 4.78 is 0. The van der Waals surface area contributed by atoms with Crippen molar-refractivity contribution in [2.45, 2.75) is 32.7 Å². The van der Waals surface area contributed by atoms with Crippen LogP contribution in [0, 0.1) is 11.8 Å². The standard InChI is InChI=1S/C14H24N2O4S/c1-10-5-11(2)7-16(6-10)13(18)8-21-4-3-12(14(19)20)15-9-17/h9-12H,3-8H2,1-2H3,(H,15,17)(H,19,20). The van der Waals surface area contributed by atoms with Crippen molar-refractivity contribution in [1.29, 1.82) is 0 Å². The number of amides is 2. The van der Waals surface area contributed by atoms with Gasteiger partial charge >= 0.3 is 5.97 Å². The normalized spacial score (nSPS) is 23.4. The Morgan fingerprint density at radius 1 is 1.38 bits per heavy atom. The number of likely N-dealkylation sites (tertiary alicyclic amines) is 1. The minimum Gasteiger partial charge on any atom is -0.480 e. The quantitative estimate of drug-likeness (QED) is 0.511. The van der Waals surface area contributed by atoms with E-state index in [1.807, 2.05) is 4.90 Å². The Hall–Kier alpha value is -1.24. The van der Waals surface area contributed by atoms with Crippen molar-refractivity contribution in [3.63, 3.8) is 0 Å². The first kappa shape index (κ1) is 17.8. The average Bonchev–Trinajstić information content (AvgIpc) is 2.40. The summed E-state index contributed by atoms with van der Waals surface area (Å²) in [6.07, 6.45) is 1.87. The number of hydrogen-bond donors (Lipinski definition) is 2. The van der Waals surface area contributed by atoms with Crippen LogP contribution in [0.1, 0.15) is 26.7 Å². The van der Waals surface area contributed by atoms with Crippen LogP contribution in [0.15, 0.2) is 0 Å². The summed E-state index contributed by atoms with van der Waals surface area (Å²) in [6.45, 7) is 5.94. The molecule has 2 amide bonds. The first-order valence-electron chi connectivity index (χ1n) is 7.22. The summed E-state index contributed by atoms with van der Waals surface area (Å²) in [6, 6.07) is -0.875. The monoisotopic (exact) mass is 316 g/mol. The number of piperidine rings is 1. The van der Waals surface area contributed by atoms with E-state index in [-0.39, 0.29) is 5.91 Å². The van der Waals surface area contributed by atoms with E-state index in [0.29, 0.717) is 36.2 Å². The third kappa shape index (κ3) is 6.37. The largest absolute Gasteiger partial charge is 0.480 e. The molecule has 0 radical (unpaired) electrons. The second-order valence-corrected chi connectivity index (χ2v) is 6.87. The van der Waals surface area contributed by atoms with Gasteiger partial charge in [-0.3, -0.25) is 9.59 Å². The van der Waals surface area contributed by atoms with E-state index in [1.54, 1.807) is 0 Å². The molecule has 0 bridgehead atoms. The zero-order valence-electron chi connectivity index (χ0n) is 12.6. The number of aliphatic carboxylic acids is 1. The summed E-state index contributed by atoms with van der Waals surface area (Å²) in [4.78, 5) is 35.1. The van der Waals surface area contributed by atoms with E-state index in [2.05, 4.69) is 19.2 Å². The molecule has 1 aliphatic rings. The molecule has 0 saturated carbocycles. The van der Waals surface area contributed by atoms with Crippen LogP contribution < -0.4 is 5.32 Å². The molecule has 0 spiro atoms. The highest BCUT2D eigenvalue weighted by molar-refractivity contribution is 7.99. The number of thioether (sulfide) groups is 1. The second kappa shape index (κ2) is 8.92. The van der Waals surface area contributed by atoms with Gasteiger partial charge in [-0.15, -0.1) is 0 Å². The van der Waals surface area contributed by atoms with Gasteiger partial charge in [-0.25, -0.2) is 4.79 Å². The number of nitrogens with zero attached hydrogens (tertiary/aromatic N) is 1. The third-order valence-corrected chi connectivity index (χ3v) is 4.54. The van der Waals surface area contributed by atoms with Gasteiger partial charge in [-0.05, 0) is 30.4 Å². The zero-order chi connectivity index (χ0) is 15.8. The maximum absolute atomic E-state index is 12.1. The lowest BCUT2D eigenvalue weighted by molar-refractivity contribution is -0.140. The van der Waals surface area contributed by atoms with Crippen molar-refractivity contribution in [2.75, 3.05) is 24.6 Å². The Balaban J connectivity index is 2.26. The van der Waals surface area contributed by atoms with Gasteiger partial charge in [0.2, 0.25) is 12.3 Å². The predicted molar refractivity (Wildman–Crippen MR) is 82.1 cm³/mol. The van der Waals surface area contributed by atoms with Crippen molar-refractivity contribution >= 4 is 30.0 Å². The molecule has 1 saturated heterocycles. The van der Waals surface area contributed by atoms with Gasteiger partial charge in [0.05, 0.1) is 5.75 Å². The molecule has 6 nitrogen and oxygen atoms in total. The van der Waals surface area contributed by atoms with Crippen molar-refractivity contribution in [2.24, 2.45) is 11.8 Å². The molecule has 1 aliphatic heterocycles. The van der Waals surface area contributed by atoms with Crippen LogP contribution in [0.2, 0.25) is 0 Å². The Bertz CT molecular complexity index is 368. The van der Waals surface area contributed by atoms with Crippen molar-refractivity contribution in [3.8, 4) is 0 Å². The summed E-state index contributed by atoms with van der Waals surface area (Å²) in [7, 11) is 0. The molecule has 1 rings (SSSR count). The lowest BCUT2D eigenvalue weighted by Gasteiger charge is -2.35. The fourth-order valence-corrected chi connectivity index (χ4v) is 3.58. The van der Waals surface area contributed by atoms with Crippen LogP contribution in [0.25, 0.3) is 0 Å². The van der Waals surface area contributed by atoms with E-state index in [0.717, 1.165) is 19.5 Å². The lowest BCUT2D eigenvalue weighted by Crippen LogP contribution is -2.43. The SMILES string of the molecule is CC1CC(C)CN(C(=O)CSCCC(NC=O)C(=O)O)C1. The minimum atomic E-state index is -1.05. The lowest BCUT2D eigenvalue weighted by atomic mass is 9.92. The summed E-state index contributed by atoms with van der Waals surface area (Å²) in [5.74, 6) is 1.04. The van der Waals surface area contributed by atoms with E-state index >= 15 is 0 Å².